The van der Waals surface area contributed by atoms with E-state index in [2.05, 4.69) is 11.1 Å². The van der Waals surface area contributed by atoms with Gasteiger partial charge in [0.25, 0.3) is 0 Å². The molecular weight excluding hydrogens is 431 g/mol. The SMILES string of the molecule is Cc1cc(Cl)cc(CS(=O)(=O)N(C)c2nccn2Cc2ccc(C#N)cc2)c1.Cl. The van der Waals surface area contributed by atoms with Crippen LogP contribution in [-0.4, -0.2) is 25.0 Å². The van der Waals surface area contributed by atoms with Gasteiger partial charge in [-0.3, -0.25) is 0 Å². The first-order chi connectivity index (χ1) is 13.3. The van der Waals surface area contributed by atoms with Crippen LogP contribution in [0.1, 0.15) is 22.3 Å². The number of imidazole rings is 1. The fraction of sp³-hybridized carbons (Fsp3) is 0.200. The summed E-state index contributed by atoms with van der Waals surface area (Å²) in [4.78, 5) is 4.22. The molecule has 0 aliphatic carbocycles. The highest BCUT2D eigenvalue weighted by atomic mass is 35.5. The van der Waals surface area contributed by atoms with E-state index in [1.807, 2.05) is 19.1 Å². The van der Waals surface area contributed by atoms with E-state index in [1.165, 1.54) is 11.4 Å². The van der Waals surface area contributed by atoms with Crippen LogP contribution in [0.4, 0.5) is 5.95 Å². The molecule has 6 nitrogen and oxygen atoms in total. The normalized spacial score (nSPS) is 10.8. The summed E-state index contributed by atoms with van der Waals surface area (Å²) in [6.45, 7) is 2.31. The number of aromatic nitrogens is 2. The minimum absolute atomic E-state index is 0. The van der Waals surface area contributed by atoms with Gasteiger partial charge in [-0.2, -0.15) is 5.26 Å². The molecule has 0 saturated carbocycles. The van der Waals surface area contributed by atoms with Crippen LogP contribution < -0.4 is 4.31 Å². The number of hydrogen-bond donors (Lipinski definition) is 0. The van der Waals surface area contributed by atoms with E-state index in [-0.39, 0.29) is 18.2 Å². The van der Waals surface area contributed by atoms with E-state index in [0.29, 0.717) is 28.6 Å². The van der Waals surface area contributed by atoms with Crippen molar-refractivity contribution in [2.24, 2.45) is 0 Å². The lowest BCUT2D eigenvalue weighted by molar-refractivity contribution is 0.591. The Morgan fingerprint density at radius 2 is 1.86 bits per heavy atom. The van der Waals surface area contributed by atoms with Gasteiger partial charge in [-0.05, 0) is 47.9 Å². The van der Waals surface area contributed by atoms with Gasteiger partial charge in [-0.15, -0.1) is 12.4 Å². The number of nitriles is 1. The summed E-state index contributed by atoms with van der Waals surface area (Å²) in [6, 6.07) is 14.5. The third-order valence-corrected chi connectivity index (χ3v) is 6.19. The van der Waals surface area contributed by atoms with E-state index in [9.17, 15) is 8.42 Å². The molecule has 3 rings (SSSR count). The molecule has 0 saturated heterocycles. The van der Waals surface area contributed by atoms with Crippen molar-refractivity contribution >= 4 is 40.0 Å². The van der Waals surface area contributed by atoms with Gasteiger partial charge < -0.3 is 4.57 Å². The minimum atomic E-state index is -3.65. The first-order valence-electron chi connectivity index (χ1n) is 8.51. The molecule has 152 valence electrons. The summed E-state index contributed by atoms with van der Waals surface area (Å²) in [5, 5.41) is 9.41. The predicted molar refractivity (Wildman–Crippen MR) is 117 cm³/mol. The monoisotopic (exact) mass is 450 g/mol. The summed E-state index contributed by atoms with van der Waals surface area (Å²) in [5.41, 5.74) is 3.05. The summed E-state index contributed by atoms with van der Waals surface area (Å²) in [6.07, 6.45) is 3.29. The zero-order valence-corrected chi connectivity index (χ0v) is 18.3. The smallest absolute Gasteiger partial charge is 0.241 e. The maximum absolute atomic E-state index is 12.9. The van der Waals surface area contributed by atoms with Crippen molar-refractivity contribution < 1.29 is 8.42 Å². The van der Waals surface area contributed by atoms with Crippen molar-refractivity contribution in [2.75, 3.05) is 11.4 Å². The fourth-order valence-corrected chi connectivity index (χ4v) is 4.41. The quantitative estimate of drug-likeness (QED) is 0.564. The van der Waals surface area contributed by atoms with Crippen molar-refractivity contribution in [2.45, 2.75) is 19.2 Å². The van der Waals surface area contributed by atoms with E-state index >= 15 is 0 Å². The largest absolute Gasteiger partial charge is 0.312 e. The van der Waals surface area contributed by atoms with Gasteiger partial charge in [0, 0.05) is 24.5 Å². The Hall–Kier alpha value is -2.53. The Bertz CT molecular complexity index is 1120. The number of sulfonamides is 1. The Morgan fingerprint density at radius 1 is 1.17 bits per heavy atom. The van der Waals surface area contributed by atoms with Crippen molar-refractivity contribution in [1.29, 1.82) is 5.26 Å². The first-order valence-corrected chi connectivity index (χ1v) is 10.5. The maximum atomic E-state index is 12.9. The summed E-state index contributed by atoms with van der Waals surface area (Å²) in [7, 11) is -2.16. The second-order valence-corrected chi connectivity index (χ2v) is 8.96. The van der Waals surface area contributed by atoms with E-state index in [1.54, 1.807) is 47.3 Å². The summed E-state index contributed by atoms with van der Waals surface area (Å²) >= 11 is 6.05. The second kappa shape index (κ2) is 9.31. The average Bonchev–Trinajstić information content (AvgIpc) is 3.08. The lowest BCUT2D eigenvalue weighted by Crippen LogP contribution is -2.30. The van der Waals surface area contributed by atoms with Gasteiger partial charge in [0.2, 0.25) is 16.0 Å². The van der Waals surface area contributed by atoms with Gasteiger partial charge in [-0.25, -0.2) is 17.7 Å². The lowest BCUT2D eigenvalue weighted by atomic mass is 10.1. The molecule has 9 heteroatoms. The Morgan fingerprint density at radius 3 is 2.48 bits per heavy atom. The highest BCUT2D eigenvalue weighted by Crippen LogP contribution is 2.21. The van der Waals surface area contributed by atoms with Crippen molar-refractivity contribution in [3.63, 3.8) is 0 Å². The lowest BCUT2D eigenvalue weighted by Gasteiger charge is -2.20. The zero-order valence-electron chi connectivity index (χ0n) is 15.9. The fourth-order valence-electron chi connectivity index (χ4n) is 2.92. The molecule has 29 heavy (non-hydrogen) atoms. The second-order valence-electron chi connectivity index (χ2n) is 6.52. The summed E-state index contributed by atoms with van der Waals surface area (Å²) in [5.74, 6) is 0.150. The third kappa shape index (κ3) is 5.51. The predicted octanol–water partition coefficient (Wildman–Crippen LogP) is 4.15. The number of halogens is 2. The van der Waals surface area contributed by atoms with Crippen molar-refractivity contribution in [3.8, 4) is 6.07 Å². The van der Waals surface area contributed by atoms with Gasteiger partial charge in [0.1, 0.15) is 0 Å². The molecule has 0 atom stereocenters. The Labute approximate surface area is 181 Å². The molecule has 1 heterocycles. The van der Waals surface area contributed by atoms with Crippen LogP contribution in [0.3, 0.4) is 0 Å². The molecule has 0 fully saturated rings. The van der Waals surface area contributed by atoms with E-state index in [0.717, 1.165) is 11.1 Å². The maximum Gasteiger partial charge on any atom is 0.241 e. The highest BCUT2D eigenvalue weighted by molar-refractivity contribution is 7.92. The molecule has 0 aliphatic rings. The van der Waals surface area contributed by atoms with Crippen LogP contribution >= 0.6 is 24.0 Å². The van der Waals surface area contributed by atoms with Gasteiger partial charge >= 0.3 is 0 Å². The average molecular weight is 451 g/mol. The molecule has 0 radical (unpaired) electrons. The topological polar surface area (TPSA) is 79.0 Å². The van der Waals surface area contributed by atoms with E-state index in [4.69, 9.17) is 16.9 Å². The van der Waals surface area contributed by atoms with Gasteiger partial charge in [0.15, 0.2) is 0 Å². The van der Waals surface area contributed by atoms with Crippen LogP contribution in [0, 0.1) is 18.3 Å². The molecule has 2 aromatic carbocycles. The number of aryl methyl sites for hydroxylation is 1. The molecule has 0 spiro atoms. The van der Waals surface area contributed by atoms with E-state index < -0.39 is 10.0 Å². The third-order valence-electron chi connectivity index (χ3n) is 4.28. The summed E-state index contributed by atoms with van der Waals surface area (Å²) < 4.78 is 28.7. The van der Waals surface area contributed by atoms with Crippen molar-refractivity contribution in [1.82, 2.24) is 9.55 Å². The number of benzene rings is 2. The molecule has 0 N–H and O–H groups in total. The molecule has 0 aliphatic heterocycles. The van der Waals surface area contributed by atoms with Crippen LogP contribution in [-0.2, 0) is 22.3 Å². The molecular formula is C20H20Cl2N4O2S. The molecule has 0 bridgehead atoms. The van der Waals surface area contributed by atoms with Crippen LogP contribution in [0.2, 0.25) is 5.02 Å². The number of nitrogens with zero attached hydrogens (tertiary/aromatic N) is 4. The minimum Gasteiger partial charge on any atom is -0.312 e. The van der Waals surface area contributed by atoms with Crippen LogP contribution in [0.15, 0.2) is 54.9 Å². The number of rotatable bonds is 6. The van der Waals surface area contributed by atoms with Crippen molar-refractivity contribution in [3.05, 3.63) is 82.1 Å². The van der Waals surface area contributed by atoms with Crippen LogP contribution in [0.25, 0.3) is 0 Å². The zero-order chi connectivity index (χ0) is 20.3. The molecule has 3 aromatic rings. The molecule has 0 unspecified atom stereocenters. The number of anilines is 1. The molecule has 0 amide bonds. The van der Waals surface area contributed by atoms with Gasteiger partial charge in [-0.1, -0.05) is 29.8 Å². The Kier molecular flexibility index (Phi) is 7.31. The Balaban J connectivity index is 0.00000300. The highest BCUT2D eigenvalue weighted by Gasteiger charge is 2.23. The van der Waals surface area contributed by atoms with Crippen LogP contribution in [0.5, 0.6) is 0 Å². The first kappa shape index (κ1) is 22.8. The standard InChI is InChI=1S/C20H19ClN4O2S.ClH/c1-15-9-18(11-19(21)10-15)14-28(26,27)24(2)20-23-7-8-25(20)13-17-5-3-16(12-22)4-6-17;/h3-11H,13-14H2,1-2H3;1H. The van der Waals surface area contributed by atoms with Gasteiger partial charge in [0.05, 0.1) is 23.9 Å². The number of hydrogen-bond acceptors (Lipinski definition) is 4. The molecule has 1 aromatic heterocycles.